The van der Waals surface area contributed by atoms with Crippen molar-refractivity contribution in [1.29, 1.82) is 0 Å². The summed E-state index contributed by atoms with van der Waals surface area (Å²) in [5.41, 5.74) is 21.1. The SMILES string of the molecule is CC(C)(C)c1ccc(-c2cc(N(c3ccc(-c4ccccc4)cc3)c3ccc(-c4ccc5c(c4)C(C)(C)c4ccccc4-5)cc3)ccc2-c2cccc3c2oc2ccccc23)cc1. The largest absolute Gasteiger partial charge is 0.455 e. The predicted octanol–water partition coefficient (Wildman–Crippen LogP) is 17.3. The molecule has 1 aliphatic rings. The minimum absolute atomic E-state index is 0.0406. The Labute approximate surface area is 370 Å². The van der Waals surface area contributed by atoms with Crippen molar-refractivity contribution in [2.75, 3.05) is 4.90 Å². The molecule has 0 aliphatic heterocycles. The quantitative estimate of drug-likeness (QED) is 0.159. The number of furan rings is 1. The number of para-hydroxylation sites is 2. The number of anilines is 3. The number of hydrogen-bond donors (Lipinski definition) is 0. The van der Waals surface area contributed by atoms with E-state index < -0.39 is 0 Å². The standard InChI is InChI=1S/C61H49NO/c1-60(2,3)45-29-22-43(23-30-45)55-39-48(35-37-49(55)53-18-13-19-54-52-17-10-12-21-58(52)63-59(53)54)62(46-31-24-41(25-32-46)40-14-7-6-8-15-40)47-33-26-42(27-34-47)44-28-36-51-50-16-9-11-20-56(50)61(4,5)57(51)38-44/h6-39H,1-5H3. The summed E-state index contributed by atoms with van der Waals surface area (Å²) in [5.74, 6) is 0. The zero-order chi connectivity index (χ0) is 42.9. The molecule has 9 aromatic carbocycles. The van der Waals surface area contributed by atoms with E-state index in [-0.39, 0.29) is 10.8 Å². The summed E-state index contributed by atoms with van der Waals surface area (Å²) < 4.78 is 6.65. The maximum absolute atomic E-state index is 6.65. The van der Waals surface area contributed by atoms with E-state index in [4.69, 9.17) is 4.42 Å². The van der Waals surface area contributed by atoms with Crippen LogP contribution in [0.4, 0.5) is 17.1 Å². The van der Waals surface area contributed by atoms with Crippen LogP contribution in [0.2, 0.25) is 0 Å². The lowest BCUT2D eigenvalue weighted by Crippen LogP contribution is -2.14. The normalized spacial score (nSPS) is 13.0. The van der Waals surface area contributed by atoms with E-state index in [0.29, 0.717) is 0 Å². The van der Waals surface area contributed by atoms with Gasteiger partial charge in [0, 0.05) is 38.8 Å². The molecule has 0 N–H and O–H groups in total. The molecule has 0 unspecified atom stereocenters. The summed E-state index contributed by atoms with van der Waals surface area (Å²) >= 11 is 0. The highest BCUT2D eigenvalue weighted by Gasteiger charge is 2.35. The predicted molar refractivity (Wildman–Crippen MR) is 266 cm³/mol. The average molecular weight is 812 g/mol. The van der Waals surface area contributed by atoms with Gasteiger partial charge in [0.2, 0.25) is 0 Å². The smallest absolute Gasteiger partial charge is 0.143 e. The van der Waals surface area contributed by atoms with Crippen molar-refractivity contribution in [2.24, 2.45) is 0 Å². The Balaban J connectivity index is 1.06. The molecule has 2 nitrogen and oxygen atoms in total. The molecule has 0 saturated heterocycles. The number of benzene rings is 9. The summed E-state index contributed by atoms with van der Waals surface area (Å²) in [6.07, 6.45) is 0. The van der Waals surface area contributed by atoms with Gasteiger partial charge >= 0.3 is 0 Å². The van der Waals surface area contributed by atoms with Crippen LogP contribution in [0.25, 0.3) is 77.6 Å². The zero-order valence-electron chi connectivity index (χ0n) is 36.5. The first-order chi connectivity index (χ1) is 30.6. The summed E-state index contributed by atoms with van der Waals surface area (Å²) in [5, 5.41) is 2.25. The molecule has 304 valence electrons. The Morgan fingerprint density at radius 2 is 0.921 bits per heavy atom. The third-order valence-corrected chi connectivity index (χ3v) is 13.3. The fourth-order valence-corrected chi connectivity index (χ4v) is 9.82. The van der Waals surface area contributed by atoms with Crippen LogP contribution >= 0.6 is 0 Å². The van der Waals surface area contributed by atoms with E-state index in [1.54, 1.807) is 0 Å². The molecule has 0 spiro atoms. The molecule has 0 bridgehead atoms. The zero-order valence-corrected chi connectivity index (χ0v) is 36.5. The lowest BCUT2D eigenvalue weighted by molar-refractivity contribution is 0.590. The highest BCUT2D eigenvalue weighted by molar-refractivity contribution is 6.10. The van der Waals surface area contributed by atoms with Gasteiger partial charge in [-0.3, -0.25) is 0 Å². The van der Waals surface area contributed by atoms with Crippen molar-refractivity contribution < 1.29 is 4.42 Å². The van der Waals surface area contributed by atoms with Crippen molar-refractivity contribution in [3.8, 4) is 55.6 Å². The summed E-state index contributed by atoms with van der Waals surface area (Å²) in [6, 6.07) is 75.4. The van der Waals surface area contributed by atoms with Crippen LogP contribution in [0.1, 0.15) is 51.3 Å². The minimum Gasteiger partial charge on any atom is -0.455 e. The van der Waals surface area contributed by atoms with E-state index in [2.05, 4.69) is 240 Å². The van der Waals surface area contributed by atoms with Gasteiger partial charge in [-0.25, -0.2) is 0 Å². The molecule has 0 saturated carbocycles. The molecule has 1 aromatic heterocycles. The minimum atomic E-state index is -0.0581. The lowest BCUT2D eigenvalue weighted by Gasteiger charge is -2.27. The third-order valence-electron chi connectivity index (χ3n) is 13.3. The van der Waals surface area contributed by atoms with E-state index >= 15 is 0 Å². The van der Waals surface area contributed by atoms with Gasteiger partial charge in [0.1, 0.15) is 11.2 Å². The van der Waals surface area contributed by atoms with Crippen molar-refractivity contribution in [2.45, 2.75) is 45.4 Å². The second kappa shape index (κ2) is 14.9. The summed E-state index contributed by atoms with van der Waals surface area (Å²) in [4.78, 5) is 2.39. The molecule has 0 atom stereocenters. The Kier molecular flexibility index (Phi) is 9.10. The molecule has 2 heteroatoms. The molecule has 63 heavy (non-hydrogen) atoms. The molecular formula is C61H49NO. The van der Waals surface area contributed by atoms with Gasteiger partial charge in [0.05, 0.1) is 0 Å². The maximum Gasteiger partial charge on any atom is 0.143 e. The maximum atomic E-state index is 6.65. The van der Waals surface area contributed by atoms with Crippen molar-refractivity contribution in [1.82, 2.24) is 0 Å². The van der Waals surface area contributed by atoms with Gasteiger partial charge in [-0.05, 0) is 121 Å². The van der Waals surface area contributed by atoms with Gasteiger partial charge in [0.25, 0.3) is 0 Å². The topological polar surface area (TPSA) is 16.4 Å². The number of hydrogen-bond acceptors (Lipinski definition) is 2. The van der Waals surface area contributed by atoms with Crippen LogP contribution in [-0.4, -0.2) is 0 Å². The number of fused-ring (bicyclic) bond motifs is 6. The third kappa shape index (κ3) is 6.65. The first kappa shape index (κ1) is 38.5. The fourth-order valence-electron chi connectivity index (χ4n) is 9.82. The first-order valence-electron chi connectivity index (χ1n) is 22.1. The second-order valence-corrected chi connectivity index (χ2v) is 18.6. The van der Waals surface area contributed by atoms with E-state index in [0.717, 1.165) is 61.3 Å². The molecule has 11 rings (SSSR count). The van der Waals surface area contributed by atoms with Gasteiger partial charge in [-0.1, -0.05) is 192 Å². The Bertz CT molecular complexity index is 3310. The monoisotopic (exact) mass is 811 g/mol. The summed E-state index contributed by atoms with van der Waals surface area (Å²) in [7, 11) is 0. The van der Waals surface area contributed by atoms with Gasteiger partial charge in [0.15, 0.2) is 0 Å². The van der Waals surface area contributed by atoms with Crippen LogP contribution in [0.5, 0.6) is 0 Å². The average Bonchev–Trinajstić information content (AvgIpc) is 3.81. The lowest BCUT2D eigenvalue weighted by atomic mass is 9.81. The van der Waals surface area contributed by atoms with E-state index in [1.807, 2.05) is 6.07 Å². The highest BCUT2D eigenvalue weighted by atomic mass is 16.3. The van der Waals surface area contributed by atoms with Gasteiger partial charge < -0.3 is 9.32 Å². The number of nitrogens with zero attached hydrogens (tertiary/aromatic N) is 1. The molecular weight excluding hydrogens is 763 g/mol. The number of rotatable bonds is 7. The molecule has 0 amide bonds. The van der Waals surface area contributed by atoms with E-state index in [9.17, 15) is 0 Å². The van der Waals surface area contributed by atoms with Crippen molar-refractivity contribution >= 4 is 39.0 Å². The Morgan fingerprint density at radius 1 is 0.381 bits per heavy atom. The summed E-state index contributed by atoms with van der Waals surface area (Å²) in [6.45, 7) is 11.5. The van der Waals surface area contributed by atoms with Crippen molar-refractivity contribution in [3.05, 3.63) is 223 Å². The van der Waals surface area contributed by atoms with Crippen LogP contribution in [0.3, 0.4) is 0 Å². The first-order valence-corrected chi connectivity index (χ1v) is 22.1. The van der Waals surface area contributed by atoms with Gasteiger partial charge in [-0.2, -0.15) is 0 Å². The van der Waals surface area contributed by atoms with Gasteiger partial charge in [-0.15, -0.1) is 0 Å². The Morgan fingerprint density at radius 3 is 1.65 bits per heavy atom. The van der Waals surface area contributed by atoms with E-state index in [1.165, 1.54) is 50.1 Å². The van der Waals surface area contributed by atoms with Crippen LogP contribution < -0.4 is 4.90 Å². The molecule has 0 fully saturated rings. The Hall–Kier alpha value is -7.42. The molecule has 0 radical (unpaired) electrons. The molecule has 10 aromatic rings. The van der Waals surface area contributed by atoms with Crippen LogP contribution in [0.15, 0.2) is 211 Å². The highest BCUT2D eigenvalue weighted by Crippen LogP contribution is 2.50. The van der Waals surface area contributed by atoms with Crippen LogP contribution in [-0.2, 0) is 10.8 Å². The molecule has 1 heterocycles. The van der Waals surface area contributed by atoms with Crippen molar-refractivity contribution in [3.63, 3.8) is 0 Å². The fraction of sp³-hybridized carbons (Fsp3) is 0.115. The van der Waals surface area contributed by atoms with Crippen LogP contribution in [0, 0.1) is 0 Å². The second-order valence-electron chi connectivity index (χ2n) is 18.6. The molecule has 1 aliphatic carbocycles.